The first kappa shape index (κ1) is 47.3. The van der Waals surface area contributed by atoms with Gasteiger partial charge in [0.2, 0.25) is 0 Å². The van der Waals surface area contributed by atoms with Gasteiger partial charge in [-0.1, -0.05) is 177 Å². The normalized spacial score (nSPS) is 12.9. The van der Waals surface area contributed by atoms with Crippen LogP contribution >= 0.6 is 0 Å². The smallest absolute Gasteiger partial charge is 0.306 e. The molecule has 0 bridgehead atoms. The minimum atomic E-state index is -0.559. The molecule has 5 nitrogen and oxygen atoms in total. The Balaban J connectivity index is 4.25. The number of carbonyl (C=O) groups excluding carboxylic acids is 2. The highest BCUT2D eigenvalue weighted by Crippen LogP contribution is 2.12. The molecule has 0 aliphatic carbocycles. The summed E-state index contributed by atoms with van der Waals surface area (Å²) in [5.41, 5.74) is 0. The quantitative estimate of drug-likeness (QED) is 0.0371. The molecule has 286 valence electrons. The van der Waals surface area contributed by atoms with Gasteiger partial charge in [0.15, 0.2) is 6.10 Å². The van der Waals surface area contributed by atoms with Crippen molar-refractivity contribution in [3.8, 4) is 0 Å². The maximum atomic E-state index is 12.6. The SMILES string of the molecule is CC/C=C\C/C=C\C/C=C\C/C=C\C/C=C\C/C=C\CCC(=O)OCC(COCCCCCCCC)OC(=O)CCCCCCCCCCC. The van der Waals surface area contributed by atoms with Crippen LogP contribution in [-0.2, 0) is 23.8 Å². The van der Waals surface area contributed by atoms with Crippen molar-refractivity contribution >= 4 is 11.9 Å². The van der Waals surface area contributed by atoms with Crippen molar-refractivity contribution < 1.29 is 23.8 Å². The van der Waals surface area contributed by atoms with E-state index < -0.39 is 6.10 Å². The van der Waals surface area contributed by atoms with E-state index in [9.17, 15) is 9.59 Å². The van der Waals surface area contributed by atoms with Crippen molar-refractivity contribution in [3.05, 3.63) is 72.9 Å². The number of ether oxygens (including phenoxy) is 3. The van der Waals surface area contributed by atoms with Crippen LogP contribution in [-0.4, -0.2) is 37.9 Å². The predicted molar refractivity (Wildman–Crippen MR) is 214 cm³/mol. The Kier molecular flexibility index (Phi) is 38.6. The predicted octanol–water partition coefficient (Wildman–Crippen LogP) is 13.2. The number of esters is 2. The summed E-state index contributed by atoms with van der Waals surface area (Å²) in [6, 6.07) is 0. The lowest BCUT2D eigenvalue weighted by atomic mass is 10.1. The molecule has 0 saturated heterocycles. The second-order valence-corrected chi connectivity index (χ2v) is 13.2. The van der Waals surface area contributed by atoms with E-state index in [1.54, 1.807) is 0 Å². The van der Waals surface area contributed by atoms with Gasteiger partial charge >= 0.3 is 11.9 Å². The Labute approximate surface area is 308 Å². The van der Waals surface area contributed by atoms with Crippen molar-refractivity contribution in [2.75, 3.05) is 19.8 Å². The molecule has 0 heterocycles. The standard InChI is InChI=1S/C45H76O5/c1-4-7-10-13-16-18-19-20-21-22-23-24-25-26-27-29-30-32-35-38-44(46)49-42-43(41-48-40-37-34-15-12-9-6-3)50-45(47)39-36-33-31-28-17-14-11-8-5-2/h7,10,16,18,20-21,23-24,26-27,30,32,43H,4-6,8-9,11-15,17,19,22,25,28-29,31,33-42H2,1-3H3/b10-7-,18-16-,21-20-,24-23-,27-26-,32-30-. The van der Waals surface area contributed by atoms with E-state index in [1.165, 1.54) is 70.6 Å². The largest absolute Gasteiger partial charge is 0.462 e. The lowest BCUT2D eigenvalue weighted by molar-refractivity contribution is -0.162. The lowest BCUT2D eigenvalue weighted by Gasteiger charge is -2.18. The number of allylic oxidation sites excluding steroid dienone is 12. The summed E-state index contributed by atoms with van der Waals surface area (Å²) in [4.78, 5) is 25.0. The van der Waals surface area contributed by atoms with E-state index in [1.807, 2.05) is 6.08 Å². The highest BCUT2D eigenvalue weighted by molar-refractivity contribution is 5.70. The molecule has 1 unspecified atom stereocenters. The van der Waals surface area contributed by atoms with Crippen molar-refractivity contribution in [1.29, 1.82) is 0 Å². The molecule has 0 spiro atoms. The van der Waals surface area contributed by atoms with Gasteiger partial charge in [-0.05, 0) is 57.8 Å². The highest BCUT2D eigenvalue weighted by Gasteiger charge is 2.17. The van der Waals surface area contributed by atoms with Crippen molar-refractivity contribution in [1.82, 2.24) is 0 Å². The maximum Gasteiger partial charge on any atom is 0.306 e. The van der Waals surface area contributed by atoms with Crippen LogP contribution < -0.4 is 0 Å². The highest BCUT2D eigenvalue weighted by atomic mass is 16.6. The maximum absolute atomic E-state index is 12.6. The summed E-state index contributed by atoms with van der Waals surface area (Å²) in [6.07, 6.45) is 50.6. The molecule has 0 aliphatic heterocycles. The Hall–Kier alpha value is -2.66. The molecule has 0 amide bonds. The van der Waals surface area contributed by atoms with Crippen LogP contribution in [0.1, 0.15) is 175 Å². The second kappa shape index (κ2) is 40.8. The van der Waals surface area contributed by atoms with Crippen molar-refractivity contribution in [2.45, 2.75) is 181 Å². The molecule has 0 saturated carbocycles. The third-order valence-electron chi connectivity index (χ3n) is 8.27. The van der Waals surface area contributed by atoms with Crippen LogP contribution in [0.5, 0.6) is 0 Å². The van der Waals surface area contributed by atoms with Crippen LogP contribution in [0.2, 0.25) is 0 Å². The van der Waals surface area contributed by atoms with E-state index in [0.29, 0.717) is 25.9 Å². The van der Waals surface area contributed by atoms with Gasteiger partial charge in [0.1, 0.15) is 6.61 Å². The number of hydrogen-bond acceptors (Lipinski definition) is 5. The fraction of sp³-hybridized carbons (Fsp3) is 0.689. The van der Waals surface area contributed by atoms with Crippen LogP contribution in [0.4, 0.5) is 0 Å². The first-order chi connectivity index (χ1) is 24.6. The summed E-state index contributed by atoms with van der Waals surface area (Å²) in [5, 5.41) is 0. The molecular formula is C45H76O5. The Morgan fingerprint density at radius 1 is 0.460 bits per heavy atom. The van der Waals surface area contributed by atoms with E-state index in [4.69, 9.17) is 14.2 Å². The second-order valence-electron chi connectivity index (χ2n) is 13.2. The van der Waals surface area contributed by atoms with Gasteiger partial charge < -0.3 is 14.2 Å². The average Bonchev–Trinajstić information content (AvgIpc) is 3.11. The summed E-state index contributed by atoms with van der Waals surface area (Å²) in [5.74, 6) is -0.504. The molecule has 50 heavy (non-hydrogen) atoms. The number of rotatable bonds is 36. The minimum absolute atomic E-state index is 0.0442. The van der Waals surface area contributed by atoms with Gasteiger partial charge in [-0.25, -0.2) is 0 Å². The molecule has 0 aliphatic rings. The molecule has 5 heteroatoms. The lowest BCUT2D eigenvalue weighted by Crippen LogP contribution is -2.30. The number of unbranched alkanes of at least 4 members (excludes halogenated alkanes) is 13. The summed E-state index contributed by atoms with van der Waals surface area (Å²) in [6.45, 7) is 7.56. The fourth-order valence-corrected chi connectivity index (χ4v) is 5.24. The summed E-state index contributed by atoms with van der Waals surface area (Å²) >= 11 is 0. The first-order valence-corrected chi connectivity index (χ1v) is 20.5. The van der Waals surface area contributed by atoms with Crippen LogP contribution in [0.3, 0.4) is 0 Å². The van der Waals surface area contributed by atoms with Crippen LogP contribution in [0.25, 0.3) is 0 Å². The van der Waals surface area contributed by atoms with Crippen LogP contribution in [0.15, 0.2) is 72.9 Å². The van der Waals surface area contributed by atoms with Gasteiger partial charge in [-0.15, -0.1) is 0 Å². The molecule has 0 fully saturated rings. The van der Waals surface area contributed by atoms with Crippen LogP contribution in [0, 0.1) is 0 Å². The zero-order valence-electron chi connectivity index (χ0n) is 32.6. The molecule has 0 N–H and O–H groups in total. The van der Waals surface area contributed by atoms with Crippen molar-refractivity contribution in [2.24, 2.45) is 0 Å². The third kappa shape index (κ3) is 38.1. The van der Waals surface area contributed by atoms with E-state index in [0.717, 1.165) is 64.2 Å². The van der Waals surface area contributed by atoms with E-state index in [2.05, 4.69) is 87.6 Å². The third-order valence-corrected chi connectivity index (χ3v) is 8.27. The number of carbonyl (C=O) groups is 2. The van der Waals surface area contributed by atoms with Gasteiger partial charge in [0.25, 0.3) is 0 Å². The topological polar surface area (TPSA) is 61.8 Å². The Morgan fingerprint density at radius 3 is 1.40 bits per heavy atom. The zero-order chi connectivity index (χ0) is 36.4. The van der Waals surface area contributed by atoms with Gasteiger partial charge in [0.05, 0.1) is 6.61 Å². The first-order valence-electron chi connectivity index (χ1n) is 20.5. The fourth-order valence-electron chi connectivity index (χ4n) is 5.24. The molecule has 1 atom stereocenters. The Bertz CT molecular complexity index is 926. The monoisotopic (exact) mass is 697 g/mol. The van der Waals surface area contributed by atoms with Gasteiger partial charge in [-0.2, -0.15) is 0 Å². The molecule has 0 aromatic rings. The molecule has 0 aromatic heterocycles. The van der Waals surface area contributed by atoms with Crippen molar-refractivity contribution in [3.63, 3.8) is 0 Å². The molecule has 0 aromatic carbocycles. The molecule has 0 radical (unpaired) electrons. The molecular weight excluding hydrogens is 620 g/mol. The van der Waals surface area contributed by atoms with E-state index >= 15 is 0 Å². The summed E-state index contributed by atoms with van der Waals surface area (Å²) in [7, 11) is 0. The summed E-state index contributed by atoms with van der Waals surface area (Å²) < 4.78 is 17.0. The van der Waals surface area contributed by atoms with Gasteiger partial charge in [-0.3, -0.25) is 9.59 Å². The average molecular weight is 697 g/mol. The molecule has 0 rings (SSSR count). The number of hydrogen-bond donors (Lipinski definition) is 0. The minimum Gasteiger partial charge on any atom is -0.462 e. The van der Waals surface area contributed by atoms with Gasteiger partial charge in [0, 0.05) is 19.4 Å². The Morgan fingerprint density at radius 2 is 0.900 bits per heavy atom. The van der Waals surface area contributed by atoms with E-state index in [-0.39, 0.29) is 25.2 Å². The zero-order valence-corrected chi connectivity index (χ0v) is 32.6.